The minimum absolute atomic E-state index is 0.124. The zero-order chi connectivity index (χ0) is 12.8. The Balaban J connectivity index is 2.79. The summed E-state index contributed by atoms with van der Waals surface area (Å²) in [6.45, 7) is 1.52. The molecule has 0 amide bonds. The van der Waals surface area contributed by atoms with Crippen LogP contribution in [0.3, 0.4) is 0 Å². The molecule has 0 spiro atoms. The minimum atomic E-state index is -0.567. The molecule has 1 atom stereocenters. The maximum atomic E-state index is 10.6. The Bertz CT molecular complexity index is 393. The van der Waals surface area contributed by atoms with Gasteiger partial charge in [-0.1, -0.05) is 6.92 Å². The number of benzene rings is 1. The number of hydrogen-bond donors (Lipinski definition) is 2. The third-order valence-corrected chi connectivity index (χ3v) is 2.33. The van der Waals surface area contributed by atoms with Crippen LogP contribution in [-0.2, 0) is 6.61 Å². The van der Waals surface area contributed by atoms with Crippen molar-refractivity contribution in [3.63, 3.8) is 0 Å². The first-order chi connectivity index (χ1) is 8.08. The predicted molar refractivity (Wildman–Crippen MR) is 60.8 cm³/mol. The SMILES string of the molecule is CCC(O)COc1ccc([N+](=O)[O-])c(CO)c1. The number of ether oxygens (including phenoxy) is 1. The Kier molecular flexibility index (Phi) is 4.86. The molecule has 1 unspecified atom stereocenters. The van der Waals surface area contributed by atoms with Crippen molar-refractivity contribution in [1.29, 1.82) is 0 Å². The van der Waals surface area contributed by atoms with Crippen molar-refractivity contribution in [3.05, 3.63) is 33.9 Å². The highest BCUT2D eigenvalue weighted by molar-refractivity contribution is 5.44. The van der Waals surface area contributed by atoms with E-state index in [2.05, 4.69) is 0 Å². The molecular weight excluding hydrogens is 226 g/mol. The summed E-state index contributed by atoms with van der Waals surface area (Å²) in [5, 5.41) is 28.9. The van der Waals surface area contributed by atoms with Gasteiger partial charge in [0.25, 0.3) is 5.69 Å². The van der Waals surface area contributed by atoms with E-state index in [1.165, 1.54) is 18.2 Å². The molecule has 1 aromatic carbocycles. The zero-order valence-corrected chi connectivity index (χ0v) is 9.50. The lowest BCUT2D eigenvalue weighted by Gasteiger charge is -2.10. The molecular formula is C11H15NO5. The van der Waals surface area contributed by atoms with E-state index in [0.29, 0.717) is 12.2 Å². The molecule has 0 aromatic heterocycles. The fourth-order valence-corrected chi connectivity index (χ4v) is 1.27. The molecule has 0 aliphatic heterocycles. The Morgan fingerprint density at radius 2 is 2.24 bits per heavy atom. The maximum Gasteiger partial charge on any atom is 0.275 e. The molecule has 1 rings (SSSR count). The fraction of sp³-hybridized carbons (Fsp3) is 0.455. The van der Waals surface area contributed by atoms with Gasteiger partial charge < -0.3 is 14.9 Å². The second kappa shape index (κ2) is 6.17. The largest absolute Gasteiger partial charge is 0.491 e. The second-order valence-electron chi connectivity index (χ2n) is 3.58. The van der Waals surface area contributed by atoms with Gasteiger partial charge in [0.15, 0.2) is 0 Å². The lowest BCUT2D eigenvalue weighted by Crippen LogP contribution is -2.16. The highest BCUT2D eigenvalue weighted by Gasteiger charge is 2.14. The van der Waals surface area contributed by atoms with Gasteiger partial charge >= 0.3 is 0 Å². The average Bonchev–Trinajstić information content (AvgIpc) is 2.35. The van der Waals surface area contributed by atoms with Gasteiger partial charge in [-0.2, -0.15) is 0 Å². The molecule has 94 valence electrons. The van der Waals surface area contributed by atoms with E-state index in [-0.39, 0.29) is 17.9 Å². The Hall–Kier alpha value is -1.66. The molecule has 0 fully saturated rings. The van der Waals surface area contributed by atoms with Crippen LogP contribution in [0.5, 0.6) is 5.75 Å². The molecule has 2 N–H and O–H groups in total. The summed E-state index contributed by atoms with van der Waals surface area (Å²) in [5.74, 6) is 0.396. The van der Waals surface area contributed by atoms with Crippen molar-refractivity contribution >= 4 is 5.69 Å². The number of aliphatic hydroxyl groups excluding tert-OH is 2. The summed E-state index contributed by atoms with van der Waals surface area (Å²) < 4.78 is 5.25. The van der Waals surface area contributed by atoms with E-state index in [9.17, 15) is 15.2 Å². The van der Waals surface area contributed by atoms with Crippen molar-refractivity contribution in [3.8, 4) is 5.75 Å². The van der Waals surface area contributed by atoms with Crippen molar-refractivity contribution in [2.45, 2.75) is 26.1 Å². The molecule has 6 nitrogen and oxygen atoms in total. The summed E-state index contributed by atoms with van der Waals surface area (Å²) in [4.78, 5) is 10.1. The zero-order valence-electron chi connectivity index (χ0n) is 9.50. The maximum absolute atomic E-state index is 10.6. The van der Waals surface area contributed by atoms with Gasteiger partial charge in [-0.3, -0.25) is 10.1 Å². The standard InChI is InChI=1S/C11H15NO5/c1-2-9(14)7-17-10-3-4-11(12(15)16)8(5-10)6-13/h3-5,9,13-14H,2,6-7H2,1H3. The summed E-state index contributed by atoms with van der Waals surface area (Å²) in [6.07, 6.45) is 0.00240. The lowest BCUT2D eigenvalue weighted by molar-refractivity contribution is -0.385. The number of rotatable bonds is 6. The van der Waals surface area contributed by atoms with Crippen LogP contribution in [-0.4, -0.2) is 27.8 Å². The Morgan fingerprint density at radius 1 is 1.53 bits per heavy atom. The van der Waals surface area contributed by atoms with Gasteiger partial charge in [0.2, 0.25) is 0 Å². The van der Waals surface area contributed by atoms with Gasteiger partial charge in [0.05, 0.1) is 23.2 Å². The van der Waals surface area contributed by atoms with Crippen LogP contribution in [0.25, 0.3) is 0 Å². The minimum Gasteiger partial charge on any atom is -0.491 e. The summed E-state index contributed by atoms with van der Waals surface area (Å²) >= 11 is 0. The second-order valence-corrected chi connectivity index (χ2v) is 3.58. The van der Waals surface area contributed by atoms with E-state index in [4.69, 9.17) is 9.84 Å². The van der Waals surface area contributed by atoms with E-state index in [1.54, 1.807) is 0 Å². The summed E-state index contributed by atoms with van der Waals surface area (Å²) in [7, 11) is 0. The van der Waals surface area contributed by atoms with Gasteiger partial charge in [-0.05, 0) is 18.6 Å². The molecule has 0 heterocycles. The molecule has 0 saturated carbocycles. The highest BCUT2D eigenvalue weighted by atomic mass is 16.6. The normalized spacial score (nSPS) is 12.2. The Labute approximate surface area is 98.6 Å². The van der Waals surface area contributed by atoms with Crippen LogP contribution < -0.4 is 4.74 Å². The van der Waals surface area contributed by atoms with Crippen LogP contribution in [0.15, 0.2) is 18.2 Å². The molecule has 0 aliphatic rings. The van der Waals surface area contributed by atoms with Gasteiger partial charge in [0.1, 0.15) is 12.4 Å². The first kappa shape index (κ1) is 13.4. The number of hydrogen-bond acceptors (Lipinski definition) is 5. The number of nitro benzene ring substituents is 1. The molecule has 0 bridgehead atoms. The third kappa shape index (κ3) is 3.69. The van der Waals surface area contributed by atoms with Crippen LogP contribution >= 0.6 is 0 Å². The molecule has 0 radical (unpaired) electrons. The number of aliphatic hydroxyl groups is 2. The molecule has 0 aliphatic carbocycles. The Morgan fingerprint density at radius 3 is 2.76 bits per heavy atom. The number of nitro groups is 1. The highest BCUT2D eigenvalue weighted by Crippen LogP contribution is 2.24. The molecule has 1 aromatic rings. The first-order valence-corrected chi connectivity index (χ1v) is 5.27. The fourth-order valence-electron chi connectivity index (χ4n) is 1.27. The summed E-state index contributed by atoms with van der Waals surface area (Å²) in [5.41, 5.74) is 0.0504. The van der Waals surface area contributed by atoms with Crippen LogP contribution in [0.4, 0.5) is 5.69 Å². The van der Waals surface area contributed by atoms with Gasteiger partial charge in [-0.15, -0.1) is 0 Å². The molecule has 0 saturated heterocycles. The first-order valence-electron chi connectivity index (χ1n) is 5.27. The van der Waals surface area contributed by atoms with E-state index >= 15 is 0 Å². The van der Waals surface area contributed by atoms with E-state index in [1.807, 2.05) is 6.92 Å². The summed E-state index contributed by atoms with van der Waals surface area (Å²) in [6, 6.07) is 4.12. The number of nitrogens with zero attached hydrogens (tertiary/aromatic N) is 1. The monoisotopic (exact) mass is 241 g/mol. The lowest BCUT2D eigenvalue weighted by atomic mass is 10.2. The topological polar surface area (TPSA) is 92.8 Å². The quantitative estimate of drug-likeness (QED) is 0.577. The van der Waals surface area contributed by atoms with Crippen LogP contribution in [0.1, 0.15) is 18.9 Å². The van der Waals surface area contributed by atoms with E-state index in [0.717, 1.165) is 0 Å². The predicted octanol–water partition coefficient (Wildman–Crippen LogP) is 1.24. The molecule has 6 heteroatoms. The average molecular weight is 241 g/mol. The van der Waals surface area contributed by atoms with Crippen LogP contribution in [0, 0.1) is 10.1 Å². The van der Waals surface area contributed by atoms with Crippen molar-refractivity contribution in [2.75, 3.05) is 6.61 Å². The third-order valence-electron chi connectivity index (χ3n) is 2.33. The van der Waals surface area contributed by atoms with Crippen molar-refractivity contribution in [2.24, 2.45) is 0 Å². The van der Waals surface area contributed by atoms with Gasteiger partial charge in [0, 0.05) is 6.07 Å². The van der Waals surface area contributed by atoms with Gasteiger partial charge in [-0.25, -0.2) is 0 Å². The smallest absolute Gasteiger partial charge is 0.275 e. The van der Waals surface area contributed by atoms with E-state index < -0.39 is 17.6 Å². The molecule has 17 heavy (non-hydrogen) atoms. The van der Waals surface area contributed by atoms with Crippen LogP contribution in [0.2, 0.25) is 0 Å². The van der Waals surface area contributed by atoms with Crippen molar-refractivity contribution < 1.29 is 19.9 Å². The van der Waals surface area contributed by atoms with Crippen molar-refractivity contribution in [1.82, 2.24) is 0 Å².